The summed E-state index contributed by atoms with van der Waals surface area (Å²) in [5.41, 5.74) is 9.63. The molecule has 25 heavy (non-hydrogen) atoms. The third-order valence-corrected chi connectivity index (χ3v) is 5.01. The maximum absolute atomic E-state index is 12.4. The van der Waals surface area contributed by atoms with Gasteiger partial charge in [0.2, 0.25) is 5.91 Å². The van der Waals surface area contributed by atoms with E-state index in [-0.39, 0.29) is 5.91 Å². The first-order chi connectivity index (χ1) is 12.1. The molecule has 1 aliphatic carbocycles. The molecular formula is C23H21NO. The van der Waals surface area contributed by atoms with Crippen molar-refractivity contribution in [1.82, 2.24) is 0 Å². The number of carbonyl (C=O) groups excluding carboxylic acids is 1. The van der Waals surface area contributed by atoms with E-state index < -0.39 is 0 Å². The van der Waals surface area contributed by atoms with Crippen LogP contribution < -0.4 is 5.32 Å². The molecule has 1 N–H and O–H groups in total. The van der Waals surface area contributed by atoms with Crippen LogP contribution in [0, 0.1) is 13.8 Å². The molecule has 1 aliphatic rings. The van der Waals surface area contributed by atoms with Crippen molar-refractivity contribution in [2.24, 2.45) is 0 Å². The zero-order chi connectivity index (χ0) is 17.4. The van der Waals surface area contributed by atoms with Gasteiger partial charge in [-0.1, -0.05) is 48.5 Å². The highest BCUT2D eigenvalue weighted by Gasteiger charge is 2.18. The Hall–Kier alpha value is -2.87. The van der Waals surface area contributed by atoms with Gasteiger partial charge in [0.25, 0.3) is 0 Å². The van der Waals surface area contributed by atoms with Crippen LogP contribution in [0.25, 0.3) is 11.1 Å². The van der Waals surface area contributed by atoms with Gasteiger partial charge in [-0.25, -0.2) is 0 Å². The molecular weight excluding hydrogens is 306 g/mol. The minimum atomic E-state index is 0.0266. The molecule has 0 atom stereocenters. The summed E-state index contributed by atoms with van der Waals surface area (Å²) in [5, 5.41) is 3.04. The van der Waals surface area contributed by atoms with Crippen LogP contribution in [0.4, 0.5) is 5.69 Å². The first-order valence-electron chi connectivity index (χ1n) is 8.67. The van der Waals surface area contributed by atoms with Crippen LogP contribution in [-0.2, 0) is 17.6 Å². The van der Waals surface area contributed by atoms with Gasteiger partial charge in [0.1, 0.15) is 0 Å². The summed E-state index contributed by atoms with van der Waals surface area (Å²) in [6.07, 6.45) is 1.34. The van der Waals surface area contributed by atoms with Gasteiger partial charge in [-0.15, -0.1) is 0 Å². The first-order valence-corrected chi connectivity index (χ1v) is 8.67. The lowest BCUT2D eigenvalue weighted by Gasteiger charge is -2.09. The quantitative estimate of drug-likeness (QED) is 0.560. The smallest absolute Gasteiger partial charge is 0.228 e. The molecule has 0 unspecified atom stereocenters. The van der Waals surface area contributed by atoms with Crippen LogP contribution in [0.3, 0.4) is 0 Å². The van der Waals surface area contributed by atoms with Crippen molar-refractivity contribution in [2.75, 3.05) is 5.32 Å². The van der Waals surface area contributed by atoms with Crippen molar-refractivity contribution < 1.29 is 4.79 Å². The van der Waals surface area contributed by atoms with Gasteiger partial charge < -0.3 is 5.32 Å². The standard InChI is InChI=1S/C23H21NO/c1-15-7-8-17(11-16(15)2)12-23(25)24-20-9-10-22-19(14-20)13-18-5-3-4-6-21(18)22/h3-11,14H,12-13H2,1-2H3,(H,24,25). The number of aryl methyl sites for hydroxylation is 2. The lowest BCUT2D eigenvalue weighted by molar-refractivity contribution is -0.115. The van der Waals surface area contributed by atoms with Crippen molar-refractivity contribution in [3.8, 4) is 11.1 Å². The van der Waals surface area contributed by atoms with Crippen LogP contribution >= 0.6 is 0 Å². The van der Waals surface area contributed by atoms with Gasteiger partial charge in [0.05, 0.1) is 6.42 Å². The summed E-state index contributed by atoms with van der Waals surface area (Å²) in [7, 11) is 0. The molecule has 1 amide bonds. The molecule has 0 saturated carbocycles. The van der Waals surface area contributed by atoms with Gasteiger partial charge >= 0.3 is 0 Å². The summed E-state index contributed by atoms with van der Waals surface area (Å²) >= 11 is 0. The predicted molar refractivity (Wildman–Crippen MR) is 103 cm³/mol. The Labute approximate surface area is 148 Å². The average molecular weight is 327 g/mol. The summed E-state index contributed by atoms with van der Waals surface area (Å²) in [6, 6.07) is 20.9. The number of nitrogens with one attached hydrogen (secondary N) is 1. The van der Waals surface area contributed by atoms with Crippen molar-refractivity contribution in [3.63, 3.8) is 0 Å². The van der Waals surface area contributed by atoms with E-state index >= 15 is 0 Å². The van der Waals surface area contributed by atoms with E-state index in [1.807, 2.05) is 12.1 Å². The lowest BCUT2D eigenvalue weighted by atomic mass is 10.0. The van der Waals surface area contributed by atoms with Gasteiger partial charge in [0, 0.05) is 5.69 Å². The summed E-state index contributed by atoms with van der Waals surface area (Å²) < 4.78 is 0. The lowest BCUT2D eigenvalue weighted by Crippen LogP contribution is -2.14. The Bertz CT molecular complexity index is 972. The summed E-state index contributed by atoms with van der Waals surface area (Å²) in [5.74, 6) is 0.0266. The number of benzene rings is 3. The number of hydrogen-bond donors (Lipinski definition) is 1. The third kappa shape index (κ3) is 3.08. The topological polar surface area (TPSA) is 29.1 Å². The maximum Gasteiger partial charge on any atom is 0.228 e. The molecule has 0 heterocycles. The normalized spacial score (nSPS) is 11.8. The van der Waals surface area contributed by atoms with Gasteiger partial charge in [0.15, 0.2) is 0 Å². The minimum absolute atomic E-state index is 0.0266. The number of rotatable bonds is 3. The van der Waals surface area contributed by atoms with Crippen LogP contribution in [0.2, 0.25) is 0 Å². The first kappa shape index (κ1) is 15.6. The fourth-order valence-corrected chi connectivity index (χ4v) is 3.53. The minimum Gasteiger partial charge on any atom is -0.326 e. The fourth-order valence-electron chi connectivity index (χ4n) is 3.53. The Balaban J connectivity index is 1.49. The molecule has 0 saturated heterocycles. The van der Waals surface area contributed by atoms with Crippen LogP contribution in [-0.4, -0.2) is 5.91 Å². The van der Waals surface area contributed by atoms with E-state index in [0.29, 0.717) is 6.42 Å². The number of amides is 1. The number of anilines is 1. The van der Waals surface area contributed by atoms with Crippen LogP contribution in [0.15, 0.2) is 60.7 Å². The Morgan fingerprint density at radius 2 is 1.68 bits per heavy atom. The van der Waals surface area contributed by atoms with Crippen LogP contribution in [0.1, 0.15) is 27.8 Å². The van der Waals surface area contributed by atoms with E-state index in [9.17, 15) is 4.79 Å². The van der Waals surface area contributed by atoms with Gasteiger partial charge in [-0.3, -0.25) is 4.79 Å². The second-order valence-corrected chi connectivity index (χ2v) is 6.85. The molecule has 2 heteroatoms. The highest BCUT2D eigenvalue weighted by molar-refractivity contribution is 5.93. The van der Waals surface area contributed by atoms with E-state index in [1.54, 1.807) is 0 Å². The zero-order valence-electron chi connectivity index (χ0n) is 14.6. The van der Waals surface area contributed by atoms with Crippen molar-refractivity contribution in [1.29, 1.82) is 0 Å². The Morgan fingerprint density at radius 3 is 2.52 bits per heavy atom. The Morgan fingerprint density at radius 1 is 0.880 bits per heavy atom. The predicted octanol–water partition coefficient (Wildman–Crippen LogP) is 5.06. The van der Waals surface area contributed by atoms with Crippen molar-refractivity contribution in [2.45, 2.75) is 26.7 Å². The summed E-state index contributed by atoms with van der Waals surface area (Å²) in [4.78, 5) is 12.4. The SMILES string of the molecule is Cc1ccc(CC(=O)Nc2ccc3c(c2)Cc2ccccc2-3)cc1C. The van der Waals surface area contributed by atoms with E-state index in [4.69, 9.17) is 0 Å². The summed E-state index contributed by atoms with van der Waals surface area (Å²) in [6.45, 7) is 4.16. The highest BCUT2D eigenvalue weighted by Crippen LogP contribution is 2.37. The molecule has 0 fully saturated rings. The molecule has 0 aliphatic heterocycles. The molecule has 124 valence electrons. The molecule has 3 aromatic carbocycles. The van der Waals surface area contributed by atoms with Crippen molar-refractivity contribution in [3.05, 3.63) is 88.5 Å². The number of carbonyl (C=O) groups is 1. The molecule has 2 nitrogen and oxygen atoms in total. The van der Waals surface area contributed by atoms with Gasteiger partial charge in [-0.2, -0.15) is 0 Å². The van der Waals surface area contributed by atoms with E-state index in [2.05, 4.69) is 67.7 Å². The fraction of sp³-hybridized carbons (Fsp3) is 0.174. The zero-order valence-corrected chi connectivity index (χ0v) is 14.6. The molecule has 3 aromatic rings. The Kier molecular flexibility index (Phi) is 3.89. The maximum atomic E-state index is 12.4. The second kappa shape index (κ2) is 6.21. The number of hydrogen-bond acceptors (Lipinski definition) is 1. The van der Waals surface area contributed by atoms with Gasteiger partial charge in [-0.05, 0) is 71.3 Å². The largest absolute Gasteiger partial charge is 0.326 e. The van der Waals surface area contributed by atoms with E-state index in [1.165, 1.54) is 33.4 Å². The van der Waals surface area contributed by atoms with E-state index in [0.717, 1.165) is 17.7 Å². The molecule has 0 radical (unpaired) electrons. The monoisotopic (exact) mass is 327 g/mol. The molecule has 0 spiro atoms. The molecule has 4 rings (SSSR count). The third-order valence-electron chi connectivity index (χ3n) is 5.01. The second-order valence-electron chi connectivity index (χ2n) is 6.85. The molecule has 0 bridgehead atoms. The number of fused-ring (bicyclic) bond motifs is 3. The molecule has 0 aromatic heterocycles. The van der Waals surface area contributed by atoms with Crippen molar-refractivity contribution >= 4 is 11.6 Å². The average Bonchev–Trinajstić information content (AvgIpc) is 2.96. The van der Waals surface area contributed by atoms with Crippen LogP contribution in [0.5, 0.6) is 0 Å². The highest BCUT2D eigenvalue weighted by atomic mass is 16.1.